The average molecular weight is 458 g/mol. The van der Waals surface area contributed by atoms with E-state index < -0.39 is 11.6 Å². The number of esters is 1. The van der Waals surface area contributed by atoms with Crippen molar-refractivity contribution in [3.8, 4) is 0 Å². The van der Waals surface area contributed by atoms with E-state index in [1.54, 1.807) is 0 Å². The molecule has 1 unspecified atom stereocenters. The third kappa shape index (κ3) is 17.6. The molecule has 0 rings (SSSR count). The molecule has 0 aromatic rings. The van der Waals surface area contributed by atoms with Crippen LogP contribution in [0.15, 0.2) is 12.2 Å². The van der Waals surface area contributed by atoms with Crippen molar-refractivity contribution in [2.24, 2.45) is 0 Å². The zero-order valence-electron chi connectivity index (χ0n) is 20.8. The summed E-state index contributed by atoms with van der Waals surface area (Å²) in [5.74, 6) is -0.284. The average Bonchev–Trinajstić information content (AvgIpc) is 2.81. The summed E-state index contributed by atoms with van der Waals surface area (Å²) in [4.78, 5) is 11.8. The fourth-order valence-corrected chi connectivity index (χ4v) is 3.51. The number of carbonyl (C=O) groups is 1. The second kappa shape index (κ2) is 21.9. The monoisotopic (exact) mass is 457 g/mol. The van der Waals surface area contributed by atoms with E-state index in [9.17, 15) is 20.1 Å². The Hall–Kier alpha value is -0.950. The highest BCUT2D eigenvalue weighted by Gasteiger charge is 2.26. The Morgan fingerprint density at radius 1 is 0.875 bits per heavy atom. The van der Waals surface area contributed by atoms with E-state index in [1.165, 1.54) is 57.8 Å². The Labute approximate surface area is 196 Å². The molecule has 190 valence electrons. The van der Waals surface area contributed by atoms with Crippen LogP contribution in [0.1, 0.15) is 110 Å². The molecule has 0 saturated carbocycles. The highest BCUT2D eigenvalue weighted by atomic mass is 16.5. The van der Waals surface area contributed by atoms with Crippen molar-refractivity contribution >= 4 is 5.97 Å². The van der Waals surface area contributed by atoms with Gasteiger partial charge in [-0.1, -0.05) is 77.4 Å². The number of nitrogens with one attached hydrogen (secondary N) is 1. The van der Waals surface area contributed by atoms with Crippen LogP contribution >= 0.6 is 0 Å². The second-order valence-electron chi connectivity index (χ2n) is 9.00. The molecule has 0 aliphatic rings. The molecule has 0 heterocycles. The third-order valence-electron chi connectivity index (χ3n) is 6.07. The summed E-state index contributed by atoms with van der Waals surface area (Å²) >= 11 is 0. The SMILES string of the molecule is CCCCCCCCC=CCCCCCCCC(=O)OCC(O)CNC(CC)(CO)CO. The summed E-state index contributed by atoms with van der Waals surface area (Å²) in [5.41, 5.74) is -0.811. The Balaban J connectivity index is 3.53. The number of aliphatic hydroxyl groups is 3. The lowest BCUT2D eigenvalue weighted by atomic mass is 9.98. The maximum atomic E-state index is 11.8. The molecule has 0 aliphatic heterocycles. The van der Waals surface area contributed by atoms with Crippen LogP contribution in [0.3, 0.4) is 0 Å². The van der Waals surface area contributed by atoms with Crippen LogP contribution in [-0.4, -0.2) is 59.3 Å². The van der Waals surface area contributed by atoms with Crippen LogP contribution < -0.4 is 5.32 Å². The van der Waals surface area contributed by atoms with Gasteiger partial charge in [0.05, 0.1) is 18.8 Å². The molecule has 1 atom stereocenters. The van der Waals surface area contributed by atoms with Gasteiger partial charge in [-0.3, -0.25) is 4.79 Å². The summed E-state index contributed by atoms with van der Waals surface area (Å²) in [6.45, 7) is 3.73. The molecular formula is C26H51NO5. The Kier molecular flexibility index (Phi) is 21.2. The quantitative estimate of drug-likeness (QED) is 0.101. The largest absolute Gasteiger partial charge is 0.463 e. The molecule has 6 heteroatoms. The van der Waals surface area contributed by atoms with E-state index in [4.69, 9.17) is 4.74 Å². The molecule has 32 heavy (non-hydrogen) atoms. The van der Waals surface area contributed by atoms with Crippen molar-refractivity contribution in [3.05, 3.63) is 12.2 Å². The van der Waals surface area contributed by atoms with E-state index in [1.807, 2.05) is 6.92 Å². The van der Waals surface area contributed by atoms with Gasteiger partial charge in [0.1, 0.15) is 12.7 Å². The molecule has 0 bridgehead atoms. The van der Waals surface area contributed by atoms with Crippen molar-refractivity contribution in [3.63, 3.8) is 0 Å². The molecule has 0 aliphatic carbocycles. The highest BCUT2D eigenvalue weighted by molar-refractivity contribution is 5.69. The van der Waals surface area contributed by atoms with Crippen molar-refractivity contribution in [1.82, 2.24) is 5.32 Å². The van der Waals surface area contributed by atoms with Gasteiger partial charge in [-0.05, 0) is 38.5 Å². The molecule has 0 aromatic carbocycles. The fraction of sp³-hybridized carbons (Fsp3) is 0.885. The number of hydrogen-bond acceptors (Lipinski definition) is 6. The summed E-state index contributed by atoms with van der Waals surface area (Å²) in [7, 11) is 0. The molecule has 0 fully saturated rings. The van der Waals surface area contributed by atoms with Gasteiger partial charge in [-0.15, -0.1) is 0 Å². The number of carbonyl (C=O) groups excluding carboxylic acids is 1. The Morgan fingerprint density at radius 3 is 1.94 bits per heavy atom. The minimum Gasteiger partial charge on any atom is -0.463 e. The lowest BCUT2D eigenvalue weighted by Crippen LogP contribution is -2.53. The molecule has 0 aromatic heterocycles. The van der Waals surface area contributed by atoms with Gasteiger partial charge in [-0.2, -0.15) is 0 Å². The van der Waals surface area contributed by atoms with Crippen molar-refractivity contribution in [2.75, 3.05) is 26.4 Å². The normalized spacial score (nSPS) is 13.0. The molecule has 0 saturated heterocycles. The van der Waals surface area contributed by atoms with Gasteiger partial charge in [-0.25, -0.2) is 0 Å². The van der Waals surface area contributed by atoms with Crippen molar-refractivity contribution in [1.29, 1.82) is 0 Å². The molecule has 0 spiro atoms. The van der Waals surface area contributed by atoms with Gasteiger partial charge < -0.3 is 25.4 Å². The smallest absolute Gasteiger partial charge is 0.305 e. The Bertz CT molecular complexity index is 443. The van der Waals surface area contributed by atoms with Crippen LogP contribution in [0.25, 0.3) is 0 Å². The summed E-state index contributed by atoms with van der Waals surface area (Å²) in [5, 5.41) is 31.7. The minimum atomic E-state index is -0.864. The third-order valence-corrected chi connectivity index (χ3v) is 6.07. The molecule has 0 amide bonds. The first-order valence-electron chi connectivity index (χ1n) is 13.0. The second-order valence-corrected chi connectivity index (χ2v) is 9.00. The number of allylic oxidation sites excluding steroid dienone is 2. The van der Waals surface area contributed by atoms with E-state index in [0.29, 0.717) is 12.8 Å². The van der Waals surface area contributed by atoms with E-state index >= 15 is 0 Å². The molecular weight excluding hydrogens is 406 g/mol. The number of unbranched alkanes of at least 4 members (excludes halogenated alkanes) is 11. The molecule has 6 nitrogen and oxygen atoms in total. The van der Waals surface area contributed by atoms with Crippen LogP contribution in [0, 0.1) is 0 Å². The predicted octanol–water partition coefficient (Wildman–Crippen LogP) is 4.65. The maximum Gasteiger partial charge on any atom is 0.305 e. The first-order valence-corrected chi connectivity index (χ1v) is 13.0. The number of aliphatic hydroxyl groups excluding tert-OH is 3. The van der Waals surface area contributed by atoms with Crippen LogP contribution in [0.5, 0.6) is 0 Å². The van der Waals surface area contributed by atoms with Gasteiger partial charge in [0.2, 0.25) is 0 Å². The maximum absolute atomic E-state index is 11.8. The van der Waals surface area contributed by atoms with Crippen LogP contribution in [0.4, 0.5) is 0 Å². The number of ether oxygens (including phenoxy) is 1. The lowest BCUT2D eigenvalue weighted by molar-refractivity contribution is -0.146. The van der Waals surface area contributed by atoms with Crippen molar-refractivity contribution < 1.29 is 24.9 Å². The zero-order chi connectivity index (χ0) is 23.9. The highest BCUT2D eigenvalue weighted by Crippen LogP contribution is 2.11. The molecule has 0 radical (unpaired) electrons. The summed E-state index contributed by atoms with van der Waals surface area (Å²) in [6.07, 6.45) is 20.5. The topological polar surface area (TPSA) is 99.0 Å². The van der Waals surface area contributed by atoms with Gasteiger partial charge in [0.25, 0.3) is 0 Å². The summed E-state index contributed by atoms with van der Waals surface area (Å²) in [6, 6.07) is 0. The number of hydrogen-bond donors (Lipinski definition) is 4. The fourth-order valence-electron chi connectivity index (χ4n) is 3.51. The van der Waals surface area contributed by atoms with Crippen LogP contribution in [-0.2, 0) is 9.53 Å². The predicted molar refractivity (Wildman–Crippen MR) is 132 cm³/mol. The van der Waals surface area contributed by atoms with Gasteiger partial charge >= 0.3 is 5.97 Å². The van der Waals surface area contributed by atoms with E-state index in [2.05, 4.69) is 24.4 Å². The Morgan fingerprint density at radius 2 is 1.41 bits per heavy atom. The minimum absolute atomic E-state index is 0.0758. The first kappa shape index (κ1) is 31.0. The number of β-amino-alcohol motifs (C(OH)–C–C–N with tert-alkyl or cyclic N) is 1. The lowest BCUT2D eigenvalue weighted by Gasteiger charge is -2.30. The standard InChI is InChI=1S/C26H51NO5/c1-3-5-6-7-8-9-10-11-12-13-14-15-16-17-18-19-25(31)32-21-24(30)20-27-26(4-2,22-28)23-29/h11-12,24,27-30H,3-10,13-23H2,1-2H3. The van der Waals surface area contributed by atoms with Gasteiger partial charge in [0, 0.05) is 13.0 Å². The van der Waals surface area contributed by atoms with Gasteiger partial charge in [0.15, 0.2) is 0 Å². The zero-order valence-corrected chi connectivity index (χ0v) is 20.8. The summed E-state index contributed by atoms with van der Waals surface area (Å²) < 4.78 is 5.13. The van der Waals surface area contributed by atoms with E-state index in [0.717, 1.165) is 25.7 Å². The van der Waals surface area contributed by atoms with Crippen LogP contribution in [0.2, 0.25) is 0 Å². The molecule has 4 N–H and O–H groups in total. The van der Waals surface area contributed by atoms with Crippen molar-refractivity contribution in [2.45, 2.75) is 122 Å². The first-order chi connectivity index (χ1) is 15.5. The number of rotatable bonds is 23. The van der Waals surface area contributed by atoms with E-state index in [-0.39, 0.29) is 32.3 Å².